The number of nitrogens with zero attached hydrogens (tertiary/aromatic N) is 4. The molecule has 166 valence electrons. The van der Waals surface area contributed by atoms with E-state index in [1.807, 2.05) is 48.4 Å². The van der Waals surface area contributed by atoms with Crippen molar-refractivity contribution in [2.24, 2.45) is 0 Å². The number of methoxy groups -OCH3 is 1. The zero-order valence-electron chi connectivity index (χ0n) is 18.3. The van der Waals surface area contributed by atoms with Gasteiger partial charge in [-0.05, 0) is 31.7 Å². The number of likely N-dealkylation sites (tertiary alicyclic amines) is 1. The van der Waals surface area contributed by atoms with E-state index < -0.39 is 5.54 Å². The van der Waals surface area contributed by atoms with Crippen molar-refractivity contribution < 1.29 is 14.3 Å². The Balaban J connectivity index is 1.50. The number of nitrogens with one attached hydrogen (secondary N) is 1. The van der Waals surface area contributed by atoms with Crippen molar-refractivity contribution in [3.63, 3.8) is 0 Å². The van der Waals surface area contributed by atoms with E-state index in [2.05, 4.69) is 14.9 Å². The van der Waals surface area contributed by atoms with Crippen LogP contribution in [-0.2, 0) is 22.6 Å². The predicted molar refractivity (Wildman–Crippen MR) is 116 cm³/mol. The van der Waals surface area contributed by atoms with E-state index in [1.54, 1.807) is 7.11 Å². The highest BCUT2D eigenvalue weighted by Gasteiger charge is 2.57. The fraction of sp³-hybridized carbons (Fsp3) is 0.522. The van der Waals surface area contributed by atoms with Crippen LogP contribution in [0.15, 0.2) is 36.5 Å². The Labute approximate surface area is 183 Å². The fourth-order valence-electron chi connectivity index (χ4n) is 4.69. The van der Waals surface area contributed by atoms with Gasteiger partial charge in [-0.1, -0.05) is 30.3 Å². The molecule has 3 amide bonds. The molecule has 1 aromatic heterocycles. The van der Waals surface area contributed by atoms with Crippen molar-refractivity contribution in [2.45, 2.75) is 44.8 Å². The van der Waals surface area contributed by atoms with Crippen LogP contribution in [0.3, 0.4) is 0 Å². The van der Waals surface area contributed by atoms with Crippen molar-refractivity contribution in [3.8, 4) is 0 Å². The number of carbonyl (C=O) groups is 2. The number of hydrogen-bond acceptors (Lipinski definition) is 5. The smallest absolute Gasteiger partial charge is 0.327 e. The Hall–Kier alpha value is -2.71. The topological polar surface area (TPSA) is 81.8 Å². The van der Waals surface area contributed by atoms with E-state index in [1.165, 1.54) is 4.90 Å². The van der Waals surface area contributed by atoms with Gasteiger partial charge < -0.3 is 14.6 Å². The first kappa shape index (κ1) is 21.5. The van der Waals surface area contributed by atoms with Gasteiger partial charge in [-0.15, -0.1) is 0 Å². The van der Waals surface area contributed by atoms with Crippen LogP contribution in [0.4, 0.5) is 4.79 Å². The van der Waals surface area contributed by atoms with Crippen molar-refractivity contribution >= 4 is 11.9 Å². The van der Waals surface area contributed by atoms with Crippen LogP contribution < -0.4 is 0 Å². The minimum Gasteiger partial charge on any atom is -0.385 e. The summed E-state index contributed by atoms with van der Waals surface area (Å²) >= 11 is 0. The summed E-state index contributed by atoms with van der Waals surface area (Å²) in [4.78, 5) is 40.1. The summed E-state index contributed by atoms with van der Waals surface area (Å²) in [6.07, 6.45) is 3.82. The number of aryl methyl sites for hydroxylation is 1. The van der Waals surface area contributed by atoms with E-state index >= 15 is 0 Å². The summed E-state index contributed by atoms with van der Waals surface area (Å²) in [7, 11) is 1.66. The zero-order valence-corrected chi connectivity index (χ0v) is 18.3. The highest BCUT2D eigenvalue weighted by atomic mass is 16.5. The first-order valence-electron chi connectivity index (χ1n) is 10.9. The third-order valence-corrected chi connectivity index (χ3v) is 6.35. The van der Waals surface area contributed by atoms with Crippen LogP contribution in [0, 0.1) is 6.92 Å². The largest absolute Gasteiger partial charge is 0.385 e. The average molecular weight is 426 g/mol. The highest BCUT2D eigenvalue weighted by Crippen LogP contribution is 2.38. The lowest BCUT2D eigenvalue weighted by Gasteiger charge is -2.42. The van der Waals surface area contributed by atoms with Crippen LogP contribution in [0.25, 0.3) is 0 Å². The van der Waals surface area contributed by atoms with Crippen LogP contribution in [0.2, 0.25) is 0 Å². The van der Waals surface area contributed by atoms with Crippen molar-refractivity contribution in [2.75, 3.05) is 33.4 Å². The maximum atomic E-state index is 13.6. The van der Waals surface area contributed by atoms with Gasteiger partial charge in [-0.3, -0.25) is 14.6 Å². The summed E-state index contributed by atoms with van der Waals surface area (Å²) in [5.74, 6) is 0.872. The Kier molecular flexibility index (Phi) is 6.38. The van der Waals surface area contributed by atoms with Gasteiger partial charge in [-0.25, -0.2) is 9.78 Å². The number of hydrogen-bond donors (Lipinski definition) is 1. The lowest BCUT2D eigenvalue weighted by Crippen LogP contribution is -2.56. The number of imidazole rings is 1. The molecule has 2 aliphatic rings. The van der Waals surface area contributed by atoms with Crippen molar-refractivity contribution in [1.29, 1.82) is 0 Å². The molecule has 1 N–H and O–H groups in total. The molecule has 3 heterocycles. The second-order valence-electron chi connectivity index (χ2n) is 8.48. The molecule has 1 spiro atoms. The molecule has 1 aromatic carbocycles. The van der Waals surface area contributed by atoms with Gasteiger partial charge in [0, 0.05) is 45.2 Å². The molecule has 2 fully saturated rings. The predicted octanol–water partition coefficient (Wildman–Crippen LogP) is 2.55. The van der Waals surface area contributed by atoms with Crippen molar-refractivity contribution in [1.82, 2.24) is 24.7 Å². The number of piperidine rings is 1. The van der Waals surface area contributed by atoms with E-state index in [9.17, 15) is 9.59 Å². The van der Waals surface area contributed by atoms with Gasteiger partial charge in [0.1, 0.15) is 11.4 Å². The van der Waals surface area contributed by atoms with Crippen LogP contribution in [0.5, 0.6) is 0 Å². The molecule has 2 aromatic rings. The molecular weight excluding hydrogens is 394 g/mol. The fourth-order valence-corrected chi connectivity index (χ4v) is 4.69. The second kappa shape index (κ2) is 9.20. The van der Waals surface area contributed by atoms with Gasteiger partial charge in [0.2, 0.25) is 0 Å². The lowest BCUT2D eigenvalue weighted by molar-refractivity contribution is -0.136. The summed E-state index contributed by atoms with van der Waals surface area (Å²) in [5.41, 5.74) is 1.25. The number of amides is 3. The Morgan fingerprint density at radius 2 is 1.87 bits per heavy atom. The molecule has 4 rings (SSSR count). The summed E-state index contributed by atoms with van der Waals surface area (Å²) in [6.45, 7) is 5.62. The van der Waals surface area contributed by atoms with Gasteiger partial charge in [0.05, 0.1) is 13.1 Å². The lowest BCUT2D eigenvalue weighted by atomic mass is 9.85. The second-order valence-corrected chi connectivity index (χ2v) is 8.48. The number of rotatable bonds is 8. The minimum absolute atomic E-state index is 0.0627. The van der Waals surface area contributed by atoms with E-state index in [4.69, 9.17) is 4.74 Å². The number of imide groups is 1. The molecule has 8 heteroatoms. The third-order valence-electron chi connectivity index (χ3n) is 6.35. The van der Waals surface area contributed by atoms with E-state index in [0.29, 0.717) is 39.0 Å². The first-order chi connectivity index (χ1) is 15.0. The Morgan fingerprint density at radius 3 is 2.52 bits per heavy atom. The third kappa shape index (κ3) is 4.36. The molecule has 0 bridgehead atoms. The Bertz CT molecular complexity index is 905. The molecule has 31 heavy (non-hydrogen) atoms. The van der Waals surface area contributed by atoms with Gasteiger partial charge in [0.25, 0.3) is 5.91 Å². The summed E-state index contributed by atoms with van der Waals surface area (Å²) in [5, 5.41) is 0. The van der Waals surface area contributed by atoms with Gasteiger partial charge in [0.15, 0.2) is 0 Å². The zero-order chi connectivity index (χ0) is 21.8. The number of aromatic amines is 1. The number of urea groups is 1. The number of ether oxygens (including phenoxy) is 1. The maximum absolute atomic E-state index is 13.6. The molecule has 2 saturated heterocycles. The monoisotopic (exact) mass is 425 g/mol. The van der Waals surface area contributed by atoms with E-state index in [-0.39, 0.29) is 11.9 Å². The summed E-state index contributed by atoms with van der Waals surface area (Å²) < 4.78 is 5.19. The molecule has 0 aliphatic carbocycles. The highest BCUT2D eigenvalue weighted by molar-refractivity contribution is 6.07. The Morgan fingerprint density at radius 1 is 1.13 bits per heavy atom. The summed E-state index contributed by atoms with van der Waals surface area (Å²) in [6, 6.07) is 9.53. The molecule has 2 aliphatic heterocycles. The number of H-pyrrole nitrogens is 1. The first-order valence-corrected chi connectivity index (χ1v) is 10.9. The standard InChI is InChI=1S/C23H31N5O3/c1-18-15-24-20(25-18)17-26-12-9-23(10-13-26)21(29)27(16-19-7-4-3-5-8-19)22(30)28(23)11-6-14-31-2/h3-5,7-8,15H,6,9-14,16-17H2,1-2H3,(H,24,25). The van der Waals surface area contributed by atoms with Gasteiger partial charge >= 0.3 is 6.03 Å². The molecule has 0 saturated carbocycles. The molecule has 0 unspecified atom stereocenters. The van der Waals surface area contributed by atoms with Crippen LogP contribution in [0.1, 0.15) is 36.3 Å². The number of carbonyl (C=O) groups excluding carboxylic acids is 2. The molecule has 0 atom stereocenters. The van der Waals surface area contributed by atoms with E-state index in [0.717, 1.165) is 36.7 Å². The normalized spacial score (nSPS) is 19.0. The maximum Gasteiger partial charge on any atom is 0.327 e. The van der Waals surface area contributed by atoms with Crippen LogP contribution in [-0.4, -0.2) is 75.5 Å². The number of benzene rings is 1. The SMILES string of the molecule is COCCCN1C(=O)N(Cc2ccccc2)C(=O)C12CCN(Cc1ncc(C)[nH]1)CC2. The van der Waals surface area contributed by atoms with Crippen molar-refractivity contribution in [3.05, 3.63) is 53.6 Å². The number of aromatic nitrogens is 2. The van der Waals surface area contributed by atoms with Crippen LogP contribution >= 0.6 is 0 Å². The molecular formula is C23H31N5O3. The molecule has 8 nitrogen and oxygen atoms in total. The average Bonchev–Trinajstić information content (AvgIpc) is 3.27. The molecule has 0 radical (unpaired) electrons. The minimum atomic E-state index is -0.755. The van der Waals surface area contributed by atoms with Gasteiger partial charge in [-0.2, -0.15) is 0 Å². The quantitative estimate of drug-likeness (QED) is 0.519.